The van der Waals surface area contributed by atoms with E-state index in [9.17, 15) is 0 Å². The van der Waals surface area contributed by atoms with Crippen molar-refractivity contribution in [1.82, 2.24) is 9.88 Å². The van der Waals surface area contributed by atoms with Crippen molar-refractivity contribution in [2.75, 3.05) is 37.8 Å². The van der Waals surface area contributed by atoms with Crippen LogP contribution < -0.4 is 10.6 Å². The van der Waals surface area contributed by atoms with Crippen LogP contribution in [0.5, 0.6) is 0 Å². The average molecular weight is 349 g/mol. The fraction of sp³-hybridized carbons (Fsp3) is 0.438. The summed E-state index contributed by atoms with van der Waals surface area (Å²) in [6.45, 7) is 2.14. The molecule has 1 aromatic heterocycles. The van der Waals surface area contributed by atoms with Crippen molar-refractivity contribution in [3.05, 3.63) is 28.9 Å². The molecule has 0 amide bonds. The van der Waals surface area contributed by atoms with Crippen molar-refractivity contribution in [3.8, 4) is 0 Å². The molecule has 0 bridgehead atoms. The van der Waals surface area contributed by atoms with Crippen LogP contribution in [-0.4, -0.2) is 43.1 Å². The zero-order valence-corrected chi connectivity index (χ0v) is 14.1. The van der Waals surface area contributed by atoms with Gasteiger partial charge in [0.15, 0.2) is 0 Å². The number of benzene rings is 1. The number of rotatable bonds is 2. The first kappa shape index (κ1) is 14.6. The topological polar surface area (TPSA) is 45.4 Å². The minimum Gasteiger partial charge on any atom is -0.398 e. The maximum absolute atomic E-state index is 6.10. The maximum atomic E-state index is 6.10. The molecule has 112 valence electrons. The number of nitrogens with zero attached hydrogens (tertiary/aromatic N) is 3. The Bertz CT molecular complexity index is 648. The molecule has 0 saturated carbocycles. The van der Waals surface area contributed by atoms with Crippen LogP contribution in [0.3, 0.4) is 0 Å². The van der Waals surface area contributed by atoms with Crippen LogP contribution in [0.2, 0.25) is 0 Å². The lowest BCUT2D eigenvalue weighted by Crippen LogP contribution is -2.42. The molecule has 1 saturated heterocycles. The Morgan fingerprint density at radius 3 is 2.67 bits per heavy atom. The summed E-state index contributed by atoms with van der Waals surface area (Å²) in [6.07, 6.45) is 4.22. The van der Waals surface area contributed by atoms with Crippen LogP contribution in [0, 0.1) is 0 Å². The molecular weight excluding hydrogens is 328 g/mol. The summed E-state index contributed by atoms with van der Waals surface area (Å²) in [5.41, 5.74) is 9.08. The molecule has 1 fully saturated rings. The highest BCUT2D eigenvalue weighted by Crippen LogP contribution is 2.32. The number of nitrogens with two attached hydrogens (primary N) is 1. The molecule has 2 heterocycles. The van der Waals surface area contributed by atoms with Gasteiger partial charge in [0, 0.05) is 40.9 Å². The molecule has 1 aliphatic rings. The SMILES string of the molecule is CN(C)C1CCN(c2ccc(N)c3cc(Br)cnc23)CC1. The Hall–Kier alpha value is -1.33. The van der Waals surface area contributed by atoms with Crippen molar-refractivity contribution < 1.29 is 0 Å². The fourth-order valence-corrected chi connectivity index (χ4v) is 3.41. The Labute approximate surface area is 134 Å². The van der Waals surface area contributed by atoms with E-state index in [0.29, 0.717) is 6.04 Å². The number of anilines is 2. The second-order valence-corrected chi connectivity index (χ2v) is 6.82. The number of nitrogen functional groups attached to an aromatic ring is 1. The smallest absolute Gasteiger partial charge is 0.0956 e. The van der Waals surface area contributed by atoms with E-state index in [2.05, 4.69) is 50.9 Å². The number of pyridine rings is 1. The molecule has 1 aromatic carbocycles. The van der Waals surface area contributed by atoms with E-state index < -0.39 is 0 Å². The molecule has 21 heavy (non-hydrogen) atoms. The summed E-state index contributed by atoms with van der Waals surface area (Å²) in [7, 11) is 4.33. The van der Waals surface area contributed by atoms with Gasteiger partial charge in [-0.25, -0.2) is 0 Å². The predicted molar refractivity (Wildman–Crippen MR) is 92.8 cm³/mol. The van der Waals surface area contributed by atoms with Crippen LogP contribution in [0.25, 0.3) is 10.9 Å². The molecule has 2 aromatic rings. The minimum atomic E-state index is 0.684. The first-order valence-electron chi connectivity index (χ1n) is 7.31. The lowest BCUT2D eigenvalue weighted by atomic mass is 10.0. The van der Waals surface area contributed by atoms with E-state index in [-0.39, 0.29) is 0 Å². The van der Waals surface area contributed by atoms with Crippen molar-refractivity contribution >= 4 is 38.2 Å². The van der Waals surface area contributed by atoms with E-state index in [4.69, 9.17) is 5.73 Å². The summed E-state index contributed by atoms with van der Waals surface area (Å²) in [6, 6.07) is 6.83. The van der Waals surface area contributed by atoms with Gasteiger partial charge in [0.05, 0.1) is 11.2 Å². The first-order valence-corrected chi connectivity index (χ1v) is 8.10. The first-order chi connectivity index (χ1) is 10.1. The standard InChI is InChI=1S/C16H21BrN4/c1-20(2)12-5-7-21(8-6-12)15-4-3-14(18)13-9-11(17)10-19-16(13)15/h3-4,9-10,12H,5-8,18H2,1-2H3. The minimum absolute atomic E-state index is 0.684. The lowest BCUT2D eigenvalue weighted by molar-refractivity contribution is 0.250. The average Bonchev–Trinajstić information content (AvgIpc) is 2.48. The Kier molecular flexibility index (Phi) is 4.04. The van der Waals surface area contributed by atoms with Crippen molar-refractivity contribution in [2.45, 2.75) is 18.9 Å². The van der Waals surface area contributed by atoms with Crippen LogP contribution >= 0.6 is 15.9 Å². The van der Waals surface area contributed by atoms with E-state index in [0.717, 1.165) is 34.2 Å². The largest absolute Gasteiger partial charge is 0.398 e. The number of halogens is 1. The molecule has 0 unspecified atom stereocenters. The second-order valence-electron chi connectivity index (χ2n) is 5.91. The normalized spacial score (nSPS) is 16.9. The zero-order chi connectivity index (χ0) is 15.0. The predicted octanol–water partition coefficient (Wildman–Crippen LogP) is 3.11. The Morgan fingerprint density at radius 1 is 1.29 bits per heavy atom. The van der Waals surface area contributed by atoms with Gasteiger partial charge in [-0.1, -0.05) is 0 Å². The summed E-state index contributed by atoms with van der Waals surface area (Å²) < 4.78 is 0.963. The highest BCUT2D eigenvalue weighted by Gasteiger charge is 2.22. The third-order valence-electron chi connectivity index (χ3n) is 4.36. The van der Waals surface area contributed by atoms with Crippen LogP contribution in [0.15, 0.2) is 28.9 Å². The monoisotopic (exact) mass is 348 g/mol. The zero-order valence-electron chi connectivity index (χ0n) is 12.5. The summed E-state index contributed by atoms with van der Waals surface area (Å²) in [4.78, 5) is 9.35. The maximum Gasteiger partial charge on any atom is 0.0956 e. The molecule has 4 nitrogen and oxygen atoms in total. The van der Waals surface area contributed by atoms with Crippen LogP contribution in [0.4, 0.5) is 11.4 Å². The summed E-state index contributed by atoms with van der Waals surface area (Å²) in [5.74, 6) is 0. The number of hydrogen-bond acceptors (Lipinski definition) is 4. The number of aromatic nitrogens is 1. The highest BCUT2D eigenvalue weighted by molar-refractivity contribution is 9.10. The number of piperidine rings is 1. The van der Waals surface area contributed by atoms with Gasteiger partial charge in [0.2, 0.25) is 0 Å². The third-order valence-corrected chi connectivity index (χ3v) is 4.80. The molecule has 0 spiro atoms. The number of fused-ring (bicyclic) bond motifs is 1. The number of hydrogen-bond donors (Lipinski definition) is 1. The highest BCUT2D eigenvalue weighted by atomic mass is 79.9. The second kappa shape index (κ2) is 5.81. The fourth-order valence-electron chi connectivity index (χ4n) is 3.08. The van der Waals surface area contributed by atoms with Gasteiger partial charge in [-0.15, -0.1) is 0 Å². The molecule has 2 N–H and O–H groups in total. The van der Waals surface area contributed by atoms with E-state index in [1.54, 1.807) is 0 Å². The van der Waals surface area contributed by atoms with Crippen molar-refractivity contribution in [2.24, 2.45) is 0 Å². The van der Waals surface area contributed by atoms with Gasteiger partial charge in [-0.2, -0.15) is 0 Å². The summed E-state index contributed by atoms with van der Waals surface area (Å²) >= 11 is 3.47. The summed E-state index contributed by atoms with van der Waals surface area (Å²) in [5, 5.41) is 1.02. The quantitative estimate of drug-likeness (QED) is 0.847. The Balaban J connectivity index is 1.93. The van der Waals surface area contributed by atoms with E-state index in [1.807, 2.05) is 18.3 Å². The lowest BCUT2D eigenvalue weighted by Gasteiger charge is -2.36. The molecular formula is C16H21BrN4. The van der Waals surface area contributed by atoms with E-state index >= 15 is 0 Å². The molecule has 0 radical (unpaired) electrons. The van der Waals surface area contributed by atoms with Gasteiger partial charge < -0.3 is 15.5 Å². The van der Waals surface area contributed by atoms with Gasteiger partial charge in [-0.05, 0) is 61.1 Å². The van der Waals surface area contributed by atoms with Gasteiger partial charge in [-0.3, -0.25) is 4.98 Å². The van der Waals surface area contributed by atoms with Crippen LogP contribution in [0.1, 0.15) is 12.8 Å². The van der Waals surface area contributed by atoms with E-state index in [1.165, 1.54) is 18.5 Å². The molecule has 3 rings (SSSR count). The van der Waals surface area contributed by atoms with Gasteiger partial charge in [0.25, 0.3) is 0 Å². The molecule has 0 atom stereocenters. The Morgan fingerprint density at radius 2 is 2.00 bits per heavy atom. The van der Waals surface area contributed by atoms with Gasteiger partial charge >= 0.3 is 0 Å². The van der Waals surface area contributed by atoms with Gasteiger partial charge in [0.1, 0.15) is 0 Å². The molecule has 0 aliphatic carbocycles. The van der Waals surface area contributed by atoms with Crippen molar-refractivity contribution in [1.29, 1.82) is 0 Å². The third kappa shape index (κ3) is 2.85. The molecule has 5 heteroatoms. The van der Waals surface area contributed by atoms with Crippen LogP contribution in [-0.2, 0) is 0 Å². The van der Waals surface area contributed by atoms with Crippen molar-refractivity contribution in [3.63, 3.8) is 0 Å². The molecule has 1 aliphatic heterocycles.